The Hall–Kier alpha value is -1.59. The lowest BCUT2D eigenvalue weighted by Gasteiger charge is -2.17. The molecule has 1 unspecified atom stereocenters. The smallest absolute Gasteiger partial charge is 0.323 e. The Kier molecular flexibility index (Phi) is 4.39. The van der Waals surface area contributed by atoms with Gasteiger partial charge in [-0.3, -0.25) is 0 Å². The quantitative estimate of drug-likeness (QED) is 0.728. The molecule has 0 aliphatic carbocycles. The summed E-state index contributed by atoms with van der Waals surface area (Å²) >= 11 is 0. The zero-order chi connectivity index (χ0) is 13.8. The molecule has 1 aromatic carbocycles. The molecule has 4 N–H and O–H groups in total. The fourth-order valence-corrected chi connectivity index (χ4v) is 2.09. The van der Waals surface area contributed by atoms with E-state index in [9.17, 15) is 4.79 Å². The third kappa shape index (κ3) is 3.94. The summed E-state index contributed by atoms with van der Waals surface area (Å²) < 4.78 is 0. The van der Waals surface area contributed by atoms with Gasteiger partial charge in [-0.05, 0) is 51.1 Å². The number of nitrogens with two attached hydrogens (primary N) is 1. The van der Waals surface area contributed by atoms with Crippen LogP contribution in [0.5, 0.6) is 0 Å². The second-order valence-electron chi connectivity index (χ2n) is 5.28. The maximum atomic E-state index is 11.2. The van der Waals surface area contributed by atoms with Crippen molar-refractivity contribution in [1.29, 1.82) is 0 Å². The van der Waals surface area contributed by atoms with Crippen LogP contribution in [-0.2, 0) is 6.42 Å². The highest BCUT2D eigenvalue weighted by Crippen LogP contribution is 2.11. The molecule has 2 aromatic rings. The van der Waals surface area contributed by atoms with E-state index in [0.717, 1.165) is 37.0 Å². The van der Waals surface area contributed by atoms with E-state index in [1.54, 1.807) is 0 Å². The Morgan fingerprint density at radius 2 is 2.00 bits per heavy atom. The average molecular weight is 262 g/mol. The van der Waals surface area contributed by atoms with E-state index >= 15 is 0 Å². The topological polar surface area (TPSA) is 77.9 Å². The first kappa shape index (κ1) is 13.8. The molecule has 5 heteroatoms. The summed E-state index contributed by atoms with van der Waals surface area (Å²) in [5, 5.41) is 0. The van der Waals surface area contributed by atoms with Gasteiger partial charge in [0.1, 0.15) is 0 Å². The first-order valence-corrected chi connectivity index (χ1v) is 6.69. The molecular weight excluding hydrogens is 240 g/mol. The van der Waals surface area contributed by atoms with E-state index in [0.29, 0.717) is 0 Å². The van der Waals surface area contributed by atoms with Crippen molar-refractivity contribution in [2.75, 3.05) is 20.1 Å². The summed E-state index contributed by atoms with van der Waals surface area (Å²) in [5.41, 5.74) is 8.56. The number of H-pyrrole nitrogens is 2. The van der Waals surface area contributed by atoms with Crippen LogP contribution in [0, 0.1) is 0 Å². The molecule has 5 nitrogen and oxygen atoms in total. The van der Waals surface area contributed by atoms with Crippen LogP contribution in [0.25, 0.3) is 11.0 Å². The number of imidazole rings is 1. The second kappa shape index (κ2) is 6.04. The van der Waals surface area contributed by atoms with Gasteiger partial charge >= 0.3 is 5.69 Å². The largest absolute Gasteiger partial charge is 0.328 e. The third-order valence-corrected chi connectivity index (χ3v) is 3.33. The molecular formula is C14H22N4O. The fourth-order valence-electron chi connectivity index (χ4n) is 2.09. The van der Waals surface area contributed by atoms with Crippen molar-refractivity contribution in [3.63, 3.8) is 0 Å². The highest BCUT2D eigenvalue weighted by molar-refractivity contribution is 5.74. The van der Waals surface area contributed by atoms with Crippen LogP contribution in [-0.4, -0.2) is 41.0 Å². The van der Waals surface area contributed by atoms with E-state index in [4.69, 9.17) is 5.73 Å². The Bertz CT molecular complexity index is 584. The molecule has 0 saturated carbocycles. The van der Waals surface area contributed by atoms with Gasteiger partial charge in [-0.2, -0.15) is 0 Å². The number of aromatic amines is 2. The van der Waals surface area contributed by atoms with Crippen molar-refractivity contribution in [3.8, 4) is 0 Å². The summed E-state index contributed by atoms with van der Waals surface area (Å²) in [6.07, 6.45) is 1.99. The van der Waals surface area contributed by atoms with Crippen LogP contribution >= 0.6 is 0 Å². The number of fused-ring (bicyclic) bond motifs is 1. The molecule has 0 aliphatic rings. The molecule has 0 amide bonds. The number of nitrogens with one attached hydrogen (secondary N) is 2. The van der Waals surface area contributed by atoms with Crippen LogP contribution in [0.2, 0.25) is 0 Å². The van der Waals surface area contributed by atoms with E-state index < -0.39 is 0 Å². The monoisotopic (exact) mass is 262 g/mol. The summed E-state index contributed by atoms with van der Waals surface area (Å²) in [5.74, 6) is 0. The lowest BCUT2D eigenvalue weighted by Crippen LogP contribution is -2.27. The molecule has 2 rings (SSSR count). The van der Waals surface area contributed by atoms with Gasteiger partial charge in [-0.25, -0.2) is 4.79 Å². The van der Waals surface area contributed by atoms with Crippen LogP contribution < -0.4 is 11.4 Å². The van der Waals surface area contributed by atoms with Crippen LogP contribution in [0.15, 0.2) is 23.0 Å². The molecule has 1 heterocycles. The number of nitrogens with zero attached hydrogens (tertiary/aromatic N) is 1. The fraction of sp³-hybridized carbons (Fsp3) is 0.500. The Balaban J connectivity index is 1.92. The summed E-state index contributed by atoms with van der Waals surface area (Å²) in [4.78, 5) is 19.0. The number of likely N-dealkylation sites (N-methyl/N-ethyl adjacent to an activating group) is 1. The van der Waals surface area contributed by atoms with E-state index in [1.165, 1.54) is 5.56 Å². The Morgan fingerprint density at radius 3 is 2.74 bits per heavy atom. The van der Waals surface area contributed by atoms with Crippen molar-refractivity contribution in [3.05, 3.63) is 34.2 Å². The molecule has 1 aromatic heterocycles. The average Bonchev–Trinajstić information content (AvgIpc) is 2.73. The first-order valence-electron chi connectivity index (χ1n) is 6.69. The molecule has 0 spiro atoms. The van der Waals surface area contributed by atoms with E-state index in [2.05, 4.69) is 28.0 Å². The van der Waals surface area contributed by atoms with Crippen molar-refractivity contribution >= 4 is 11.0 Å². The molecule has 0 saturated heterocycles. The van der Waals surface area contributed by atoms with E-state index in [1.807, 2.05) is 19.1 Å². The normalized spacial score (nSPS) is 13.3. The predicted octanol–water partition coefficient (Wildman–Crippen LogP) is 1.07. The summed E-state index contributed by atoms with van der Waals surface area (Å²) in [6, 6.07) is 6.30. The van der Waals surface area contributed by atoms with Gasteiger partial charge in [-0.1, -0.05) is 6.07 Å². The van der Waals surface area contributed by atoms with Gasteiger partial charge in [0.15, 0.2) is 0 Å². The van der Waals surface area contributed by atoms with Gasteiger partial charge in [0.25, 0.3) is 0 Å². The van der Waals surface area contributed by atoms with Gasteiger partial charge in [0.2, 0.25) is 0 Å². The van der Waals surface area contributed by atoms with Gasteiger partial charge in [-0.15, -0.1) is 0 Å². The molecule has 19 heavy (non-hydrogen) atoms. The lowest BCUT2D eigenvalue weighted by molar-refractivity contribution is 0.324. The molecule has 104 valence electrons. The highest BCUT2D eigenvalue weighted by Gasteiger charge is 2.03. The van der Waals surface area contributed by atoms with Crippen LogP contribution in [0.4, 0.5) is 0 Å². The number of rotatable bonds is 6. The van der Waals surface area contributed by atoms with Crippen LogP contribution in [0.1, 0.15) is 18.9 Å². The number of benzene rings is 1. The van der Waals surface area contributed by atoms with Gasteiger partial charge < -0.3 is 20.6 Å². The predicted molar refractivity (Wildman–Crippen MR) is 78.4 cm³/mol. The van der Waals surface area contributed by atoms with E-state index in [-0.39, 0.29) is 11.7 Å². The minimum atomic E-state index is -0.152. The van der Waals surface area contributed by atoms with Crippen molar-refractivity contribution in [2.24, 2.45) is 5.73 Å². The van der Waals surface area contributed by atoms with Gasteiger partial charge in [0, 0.05) is 12.6 Å². The second-order valence-corrected chi connectivity index (χ2v) is 5.28. The van der Waals surface area contributed by atoms with Crippen LogP contribution in [0.3, 0.4) is 0 Å². The molecule has 0 radical (unpaired) electrons. The molecule has 1 atom stereocenters. The van der Waals surface area contributed by atoms with Crippen molar-refractivity contribution in [1.82, 2.24) is 14.9 Å². The zero-order valence-corrected chi connectivity index (χ0v) is 11.6. The number of hydrogen-bond acceptors (Lipinski definition) is 3. The molecule has 0 fully saturated rings. The van der Waals surface area contributed by atoms with Crippen molar-refractivity contribution in [2.45, 2.75) is 25.8 Å². The minimum Gasteiger partial charge on any atom is -0.328 e. The first-order chi connectivity index (χ1) is 9.04. The standard InChI is InChI=1S/C14H22N4O/c1-10(15)5-7-18(2)8-6-11-3-4-12-13(9-11)17-14(19)16-12/h3-4,9-10H,5-8,15H2,1-2H3,(H2,16,17,19). The number of hydrogen-bond donors (Lipinski definition) is 3. The maximum Gasteiger partial charge on any atom is 0.323 e. The Morgan fingerprint density at radius 1 is 1.26 bits per heavy atom. The highest BCUT2D eigenvalue weighted by atomic mass is 16.1. The minimum absolute atomic E-state index is 0.152. The zero-order valence-electron chi connectivity index (χ0n) is 11.6. The van der Waals surface area contributed by atoms with Gasteiger partial charge in [0.05, 0.1) is 11.0 Å². The SMILES string of the molecule is CC(N)CCN(C)CCc1ccc2[nH]c(=O)[nH]c2c1. The Labute approximate surface area is 112 Å². The lowest BCUT2D eigenvalue weighted by atomic mass is 10.1. The molecule has 0 bridgehead atoms. The van der Waals surface area contributed by atoms with Crippen molar-refractivity contribution < 1.29 is 0 Å². The third-order valence-electron chi connectivity index (χ3n) is 3.33. The summed E-state index contributed by atoms with van der Waals surface area (Å²) in [6.45, 7) is 4.04. The maximum absolute atomic E-state index is 11.2. The molecule has 0 aliphatic heterocycles. The number of aromatic nitrogens is 2. The summed E-state index contributed by atoms with van der Waals surface area (Å²) in [7, 11) is 2.11.